The number of ether oxygens (including phenoxy) is 2. The first-order valence-corrected chi connectivity index (χ1v) is 5.03. The average molecular weight is 203 g/mol. The molecule has 0 aromatic heterocycles. The number of rotatable bonds is 1. The molecule has 1 saturated heterocycles. The van der Waals surface area contributed by atoms with E-state index in [0.29, 0.717) is 18.8 Å². The van der Waals surface area contributed by atoms with Crippen molar-refractivity contribution in [1.29, 1.82) is 5.26 Å². The first kappa shape index (κ1) is 10.2. The Bertz CT molecular complexity index is 358. The molecule has 3 heteroatoms. The van der Waals surface area contributed by atoms with Crippen molar-refractivity contribution in [3.8, 4) is 6.07 Å². The van der Waals surface area contributed by atoms with Crippen LogP contribution in [0.15, 0.2) is 24.3 Å². The summed E-state index contributed by atoms with van der Waals surface area (Å²) < 4.78 is 11.2. The van der Waals surface area contributed by atoms with Crippen LogP contribution in [0.4, 0.5) is 0 Å². The molecule has 0 aliphatic carbocycles. The summed E-state index contributed by atoms with van der Waals surface area (Å²) in [6.45, 7) is 3.22. The Morgan fingerprint density at radius 2 is 1.93 bits per heavy atom. The molecule has 0 spiro atoms. The van der Waals surface area contributed by atoms with Gasteiger partial charge in [0.15, 0.2) is 0 Å². The van der Waals surface area contributed by atoms with Gasteiger partial charge in [-0.25, -0.2) is 0 Å². The molecule has 1 heterocycles. The molecule has 2 atom stereocenters. The highest BCUT2D eigenvalue weighted by molar-refractivity contribution is 5.32. The van der Waals surface area contributed by atoms with Crippen molar-refractivity contribution in [2.45, 2.75) is 19.1 Å². The number of hydrogen-bond acceptors (Lipinski definition) is 3. The van der Waals surface area contributed by atoms with Crippen LogP contribution in [-0.4, -0.2) is 19.3 Å². The van der Waals surface area contributed by atoms with Gasteiger partial charge in [0.05, 0.1) is 31.0 Å². The Balaban J connectivity index is 2.07. The fraction of sp³-hybridized carbons (Fsp3) is 0.417. The summed E-state index contributed by atoms with van der Waals surface area (Å²) in [6.07, 6.45) is 0.188. The minimum atomic E-state index is 0.00828. The first-order valence-electron chi connectivity index (χ1n) is 5.03. The van der Waals surface area contributed by atoms with Gasteiger partial charge in [0, 0.05) is 0 Å². The smallest absolute Gasteiger partial charge is 0.106 e. The predicted molar refractivity (Wildman–Crippen MR) is 55.3 cm³/mol. The molecule has 0 N–H and O–H groups in total. The molecule has 1 aromatic rings. The summed E-state index contributed by atoms with van der Waals surface area (Å²) >= 11 is 0. The number of nitrogens with zero attached hydrogens (tertiary/aromatic N) is 1. The zero-order chi connectivity index (χ0) is 10.7. The van der Waals surface area contributed by atoms with E-state index in [0.717, 1.165) is 5.56 Å². The van der Waals surface area contributed by atoms with E-state index in [2.05, 4.69) is 6.07 Å². The molecule has 3 nitrogen and oxygen atoms in total. The molecule has 2 rings (SSSR count). The second-order valence-electron chi connectivity index (χ2n) is 3.70. The van der Waals surface area contributed by atoms with Crippen LogP contribution in [0.3, 0.4) is 0 Å². The van der Waals surface area contributed by atoms with Crippen molar-refractivity contribution < 1.29 is 9.47 Å². The minimum absolute atomic E-state index is 0.00828. The fourth-order valence-corrected chi connectivity index (χ4v) is 1.56. The molecular formula is C12H13NO2. The summed E-state index contributed by atoms with van der Waals surface area (Å²) in [4.78, 5) is 0. The van der Waals surface area contributed by atoms with E-state index in [1.54, 1.807) is 12.1 Å². The first-order chi connectivity index (χ1) is 7.29. The molecule has 0 amide bonds. The third kappa shape index (κ3) is 2.35. The molecular weight excluding hydrogens is 190 g/mol. The Hall–Kier alpha value is -1.37. The SMILES string of the molecule is CC1COC(c2ccc(C#N)cc2)CO1. The van der Waals surface area contributed by atoms with E-state index in [9.17, 15) is 0 Å². The molecule has 0 bridgehead atoms. The highest BCUT2D eigenvalue weighted by atomic mass is 16.6. The third-order valence-electron chi connectivity index (χ3n) is 2.48. The largest absolute Gasteiger partial charge is 0.373 e. The van der Waals surface area contributed by atoms with E-state index in [4.69, 9.17) is 14.7 Å². The van der Waals surface area contributed by atoms with Crippen LogP contribution in [-0.2, 0) is 9.47 Å². The molecule has 1 aliphatic heterocycles. The van der Waals surface area contributed by atoms with E-state index >= 15 is 0 Å². The van der Waals surface area contributed by atoms with E-state index in [1.807, 2.05) is 19.1 Å². The lowest BCUT2D eigenvalue weighted by Crippen LogP contribution is -2.28. The van der Waals surface area contributed by atoms with Gasteiger partial charge in [-0.15, -0.1) is 0 Å². The summed E-state index contributed by atoms with van der Waals surface area (Å²) in [5.41, 5.74) is 1.74. The van der Waals surface area contributed by atoms with Crippen molar-refractivity contribution in [2.75, 3.05) is 13.2 Å². The van der Waals surface area contributed by atoms with Crippen LogP contribution < -0.4 is 0 Å². The highest BCUT2D eigenvalue weighted by Gasteiger charge is 2.20. The van der Waals surface area contributed by atoms with Gasteiger partial charge in [0.1, 0.15) is 6.10 Å². The van der Waals surface area contributed by atoms with Crippen molar-refractivity contribution >= 4 is 0 Å². The van der Waals surface area contributed by atoms with Crippen LogP contribution in [0.1, 0.15) is 24.2 Å². The maximum Gasteiger partial charge on any atom is 0.106 e. The van der Waals surface area contributed by atoms with Gasteiger partial charge in [-0.1, -0.05) is 12.1 Å². The zero-order valence-electron chi connectivity index (χ0n) is 8.64. The fourth-order valence-electron chi connectivity index (χ4n) is 1.56. The number of benzene rings is 1. The van der Waals surface area contributed by atoms with Gasteiger partial charge in [-0.3, -0.25) is 0 Å². The van der Waals surface area contributed by atoms with Gasteiger partial charge in [0.2, 0.25) is 0 Å². The lowest BCUT2D eigenvalue weighted by Gasteiger charge is -2.27. The van der Waals surface area contributed by atoms with E-state index < -0.39 is 0 Å². The lowest BCUT2D eigenvalue weighted by atomic mass is 10.1. The maximum atomic E-state index is 8.67. The van der Waals surface area contributed by atoms with Crippen molar-refractivity contribution in [3.63, 3.8) is 0 Å². The molecule has 1 aromatic carbocycles. The topological polar surface area (TPSA) is 42.2 Å². The van der Waals surface area contributed by atoms with Crippen LogP contribution in [0.2, 0.25) is 0 Å². The summed E-state index contributed by atoms with van der Waals surface area (Å²) in [5.74, 6) is 0. The molecule has 1 aliphatic rings. The summed E-state index contributed by atoms with van der Waals surface area (Å²) in [7, 11) is 0. The second kappa shape index (κ2) is 4.43. The van der Waals surface area contributed by atoms with Crippen LogP contribution in [0.25, 0.3) is 0 Å². The highest BCUT2D eigenvalue weighted by Crippen LogP contribution is 2.22. The van der Waals surface area contributed by atoms with Crippen LogP contribution in [0, 0.1) is 11.3 Å². The molecule has 2 unspecified atom stereocenters. The Morgan fingerprint density at radius 1 is 1.20 bits per heavy atom. The van der Waals surface area contributed by atoms with Gasteiger partial charge in [-0.2, -0.15) is 5.26 Å². The van der Waals surface area contributed by atoms with E-state index in [-0.39, 0.29) is 12.2 Å². The van der Waals surface area contributed by atoms with Gasteiger partial charge < -0.3 is 9.47 Å². The van der Waals surface area contributed by atoms with Gasteiger partial charge >= 0.3 is 0 Å². The van der Waals surface area contributed by atoms with Crippen LogP contribution in [0.5, 0.6) is 0 Å². The van der Waals surface area contributed by atoms with Crippen molar-refractivity contribution in [3.05, 3.63) is 35.4 Å². The molecule has 78 valence electrons. The maximum absolute atomic E-state index is 8.67. The number of hydrogen-bond donors (Lipinski definition) is 0. The second-order valence-corrected chi connectivity index (χ2v) is 3.70. The molecule has 0 saturated carbocycles. The Labute approximate surface area is 89.2 Å². The Morgan fingerprint density at radius 3 is 2.47 bits per heavy atom. The lowest BCUT2D eigenvalue weighted by molar-refractivity contribution is -0.128. The standard InChI is InChI=1S/C12H13NO2/c1-9-7-15-12(8-14-9)11-4-2-10(6-13)3-5-11/h2-5,9,12H,7-8H2,1H3. The monoisotopic (exact) mass is 203 g/mol. The van der Waals surface area contributed by atoms with Crippen molar-refractivity contribution in [2.24, 2.45) is 0 Å². The average Bonchev–Trinajstić information content (AvgIpc) is 2.30. The summed E-state index contributed by atoms with van der Waals surface area (Å²) in [6, 6.07) is 9.54. The van der Waals surface area contributed by atoms with Gasteiger partial charge in [-0.05, 0) is 24.6 Å². The minimum Gasteiger partial charge on any atom is -0.373 e. The normalized spacial score (nSPS) is 25.9. The summed E-state index contributed by atoms with van der Waals surface area (Å²) in [5, 5.41) is 8.67. The zero-order valence-corrected chi connectivity index (χ0v) is 8.64. The quantitative estimate of drug-likeness (QED) is 0.701. The Kier molecular flexibility index (Phi) is 3.00. The van der Waals surface area contributed by atoms with Crippen LogP contribution >= 0.6 is 0 Å². The molecule has 15 heavy (non-hydrogen) atoms. The van der Waals surface area contributed by atoms with Crippen molar-refractivity contribution in [1.82, 2.24) is 0 Å². The third-order valence-corrected chi connectivity index (χ3v) is 2.48. The molecule has 1 fully saturated rings. The molecule has 0 radical (unpaired) electrons. The predicted octanol–water partition coefficient (Wildman–Crippen LogP) is 2.03. The number of nitriles is 1. The van der Waals surface area contributed by atoms with E-state index in [1.165, 1.54) is 0 Å². The van der Waals surface area contributed by atoms with Gasteiger partial charge in [0.25, 0.3) is 0 Å².